The van der Waals surface area contributed by atoms with Crippen LogP contribution in [0.25, 0.3) is 0 Å². The van der Waals surface area contributed by atoms with E-state index in [1.54, 1.807) is 23.9 Å². The summed E-state index contributed by atoms with van der Waals surface area (Å²) in [4.78, 5) is 14.1. The Hall–Kier alpha value is -1.22. The van der Waals surface area contributed by atoms with E-state index in [9.17, 15) is 10.1 Å². The van der Waals surface area contributed by atoms with E-state index in [1.165, 1.54) is 0 Å². The van der Waals surface area contributed by atoms with Crippen LogP contribution in [0.2, 0.25) is 5.02 Å². The normalized spacial score (nSPS) is 18.0. The lowest BCUT2D eigenvalue weighted by molar-refractivity contribution is -0.117. The number of nitrogens with one attached hydrogen (secondary N) is 1. The van der Waals surface area contributed by atoms with Crippen molar-refractivity contribution in [3.8, 4) is 6.07 Å². The molecule has 0 spiro atoms. The lowest BCUT2D eigenvalue weighted by atomic mass is 9.97. The zero-order valence-corrected chi connectivity index (χ0v) is 13.5. The van der Waals surface area contributed by atoms with Gasteiger partial charge in [0.05, 0.1) is 23.3 Å². The Morgan fingerprint density at radius 2 is 2.14 bits per heavy atom. The molecule has 1 aliphatic rings. The number of hydrogen-bond donors (Lipinski definition) is 1. The molecule has 0 unspecified atom stereocenters. The van der Waals surface area contributed by atoms with Gasteiger partial charge in [-0.05, 0) is 31.2 Å². The molecule has 112 valence electrons. The first-order valence-corrected chi connectivity index (χ1v) is 8.42. The van der Waals surface area contributed by atoms with Crippen molar-refractivity contribution in [1.29, 1.82) is 5.26 Å². The molecule has 0 aliphatic carbocycles. The summed E-state index contributed by atoms with van der Waals surface area (Å²) in [5.74, 6) is -0.0725. The average molecular weight is 324 g/mol. The third-order valence-corrected chi connectivity index (χ3v) is 5.38. The van der Waals surface area contributed by atoms with Gasteiger partial charge in [-0.2, -0.15) is 5.26 Å². The highest BCUT2D eigenvalue weighted by atomic mass is 35.5. The number of piperidine rings is 1. The fourth-order valence-electron chi connectivity index (χ4n) is 2.39. The molecule has 21 heavy (non-hydrogen) atoms. The number of nitrogens with zero attached hydrogens (tertiary/aromatic N) is 2. The largest absolute Gasteiger partial charge is 0.324 e. The van der Waals surface area contributed by atoms with Crippen LogP contribution in [-0.2, 0) is 4.79 Å². The van der Waals surface area contributed by atoms with Crippen LogP contribution >= 0.6 is 23.4 Å². The van der Waals surface area contributed by atoms with Gasteiger partial charge in [0.15, 0.2) is 0 Å². The summed E-state index contributed by atoms with van der Waals surface area (Å²) in [6, 6.07) is 9.60. The molecule has 1 aromatic rings. The summed E-state index contributed by atoms with van der Waals surface area (Å²) in [5, 5.41) is 12.6. The molecular formula is C15H18ClN3OS. The van der Waals surface area contributed by atoms with E-state index in [0.29, 0.717) is 17.3 Å². The number of para-hydroxylation sites is 1. The van der Waals surface area contributed by atoms with Crippen LogP contribution in [0.3, 0.4) is 0 Å². The number of benzene rings is 1. The predicted octanol–water partition coefficient (Wildman–Crippen LogP) is 3.00. The zero-order valence-electron chi connectivity index (χ0n) is 11.9. The molecule has 1 heterocycles. The zero-order chi connectivity index (χ0) is 15.3. The quantitative estimate of drug-likeness (QED) is 0.925. The van der Waals surface area contributed by atoms with Crippen LogP contribution < -0.4 is 5.32 Å². The number of hydrogen-bond acceptors (Lipinski definition) is 4. The van der Waals surface area contributed by atoms with Crippen molar-refractivity contribution in [2.75, 3.05) is 31.2 Å². The molecule has 0 atom stereocenters. The SMILES string of the molecule is CSC1(C#N)CCN(CC(=O)Nc2ccccc2Cl)CC1. The van der Waals surface area contributed by atoms with Crippen LogP contribution in [-0.4, -0.2) is 41.4 Å². The van der Waals surface area contributed by atoms with Gasteiger partial charge in [-0.1, -0.05) is 23.7 Å². The summed E-state index contributed by atoms with van der Waals surface area (Å²) in [6.07, 6.45) is 3.57. The molecule has 1 saturated heterocycles. The summed E-state index contributed by atoms with van der Waals surface area (Å²) >= 11 is 7.63. The first-order chi connectivity index (χ1) is 10.1. The van der Waals surface area contributed by atoms with Crippen LogP contribution in [0.15, 0.2) is 24.3 Å². The number of thioether (sulfide) groups is 1. The Balaban J connectivity index is 1.85. The highest BCUT2D eigenvalue weighted by Crippen LogP contribution is 2.33. The smallest absolute Gasteiger partial charge is 0.238 e. The molecule has 2 rings (SSSR count). The van der Waals surface area contributed by atoms with Crippen LogP contribution in [0.1, 0.15) is 12.8 Å². The number of anilines is 1. The Morgan fingerprint density at radius 1 is 1.48 bits per heavy atom. The van der Waals surface area contributed by atoms with Crippen molar-refractivity contribution in [3.63, 3.8) is 0 Å². The van der Waals surface area contributed by atoms with Crippen molar-refractivity contribution in [1.82, 2.24) is 4.90 Å². The monoisotopic (exact) mass is 323 g/mol. The van der Waals surface area contributed by atoms with Crippen molar-refractivity contribution >= 4 is 35.0 Å². The highest BCUT2D eigenvalue weighted by Gasteiger charge is 2.34. The fraction of sp³-hybridized carbons (Fsp3) is 0.467. The van der Waals surface area contributed by atoms with Gasteiger partial charge in [-0.15, -0.1) is 11.8 Å². The number of halogens is 1. The number of carbonyl (C=O) groups is 1. The highest BCUT2D eigenvalue weighted by molar-refractivity contribution is 8.00. The number of rotatable bonds is 4. The van der Waals surface area contributed by atoms with Gasteiger partial charge in [0, 0.05) is 13.1 Å². The molecule has 4 nitrogen and oxygen atoms in total. The van der Waals surface area contributed by atoms with Gasteiger partial charge in [0.1, 0.15) is 4.75 Å². The molecule has 6 heteroatoms. The predicted molar refractivity (Wildman–Crippen MR) is 87.6 cm³/mol. The van der Waals surface area contributed by atoms with Gasteiger partial charge in [0.2, 0.25) is 5.91 Å². The molecule has 1 aliphatic heterocycles. The van der Waals surface area contributed by atoms with Crippen molar-refractivity contribution in [3.05, 3.63) is 29.3 Å². The molecule has 0 saturated carbocycles. The molecular weight excluding hydrogens is 306 g/mol. The second kappa shape index (κ2) is 7.17. The average Bonchev–Trinajstić information content (AvgIpc) is 2.51. The number of likely N-dealkylation sites (tertiary alicyclic amines) is 1. The topological polar surface area (TPSA) is 56.1 Å². The van der Waals surface area contributed by atoms with E-state index in [-0.39, 0.29) is 10.7 Å². The maximum Gasteiger partial charge on any atom is 0.238 e. The van der Waals surface area contributed by atoms with Gasteiger partial charge >= 0.3 is 0 Å². The summed E-state index contributed by atoms with van der Waals surface area (Å²) < 4.78 is -0.282. The minimum atomic E-state index is -0.282. The lowest BCUT2D eigenvalue weighted by Gasteiger charge is -2.35. The molecule has 1 N–H and O–H groups in total. The third-order valence-electron chi connectivity index (χ3n) is 3.77. The molecule has 0 radical (unpaired) electrons. The first-order valence-electron chi connectivity index (χ1n) is 6.82. The first kappa shape index (κ1) is 16.2. The summed E-state index contributed by atoms with van der Waals surface area (Å²) in [7, 11) is 0. The minimum absolute atomic E-state index is 0.0725. The Kier molecular flexibility index (Phi) is 5.51. The summed E-state index contributed by atoms with van der Waals surface area (Å²) in [6.45, 7) is 1.87. The van der Waals surface area contributed by atoms with E-state index in [0.717, 1.165) is 25.9 Å². The van der Waals surface area contributed by atoms with Crippen molar-refractivity contribution in [2.24, 2.45) is 0 Å². The Morgan fingerprint density at radius 3 is 2.71 bits per heavy atom. The Bertz CT molecular complexity index is 550. The lowest BCUT2D eigenvalue weighted by Crippen LogP contribution is -2.44. The second-order valence-corrected chi connectivity index (χ2v) is 6.71. The Labute approximate surface area is 134 Å². The number of carbonyl (C=O) groups excluding carboxylic acids is 1. The van der Waals surface area contributed by atoms with Crippen molar-refractivity contribution in [2.45, 2.75) is 17.6 Å². The van der Waals surface area contributed by atoms with Crippen molar-refractivity contribution < 1.29 is 4.79 Å². The van der Waals surface area contributed by atoms with Crippen LogP contribution in [0, 0.1) is 11.3 Å². The number of amides is 1. The fourth-order valence-corrected chi connectivity index (χ4v) is 3.25. The van der Waals surface area contributed by atoms with Gasteiger partial charge in [-0.3, -0.25) is 9.69 Å². The van der Waals surface area contributed by atoms with E-state index in [4.69, 9.17) is 11.6 Å². The minimum Gasteiger partial charge on any atom is -0.324 e. The van der Waals surface area contributed by atoms with Crippen LogP contribution in [0.4, 0.5) is 5.69 Å². The van der Waals surface area contributed by atoms with E-state index < -0.39 is 0 Å². The van der Waals surface area contributed by atoms with Gasteiger partial charge in [0.25, 0.3) is 0 Å². The molecule has 1 fully saturated rings. The summed E-state index contributed by atoms with van der Waals surface area (Å²) in [5.41, 5.74) is 0.636. The number of nitriles is 1. The second-order valence-electron chi connectivity index (χ2n) is 5.11. The van der Waals surface area contributed by atoms with E-state index in [1.807, 2.05) is 18.4 Å². The van der Waals surface area contributed by atoms with Crippen LogP contribution in [0.5, 0.6) is 0 Å². The molecule has 1 aromatic carbocycles. The van der Waals surface area contributed by atoms with E-state index in [2.05, 4.69) is 16.3 Å². The maximum absolute atomic E-state index is 12.1. The van der Waals surface area contributed by atoms with E-state index >= 15 is 0 Å². The molecule has 1 amide bonds. The standard InChI is InChI=1S/C15H18ClN3OS/c1-21-15(11-17)6-8-19(9-7-15)10-14(20)18-13-5-3-2-4-12(13)16/h2-5H,6-10H2,1H3,(H,18,20). The molecule has 0 bridgehead atoms. The third kappa shape index (κ3) is 4.13. The maximum atomic E-state index is 12.1. The van der Waals surface area contributed by atoms with Gasteiger partial charge < -0.3 is 5.32 Å². The molecule has 0 aromatic heterocycles. The van der Waals surface area contributed by atoms with Gasteiger partial charge in [-0.25, -0.2) is 0 Å².